The number of carbonyl (C=O) groups excluding carboxylic acids is 1. The summed E-state index contributed by atoms with van der Waals surface area (Å²) >= 11 is 0. The summed E-state index contributed by atoms with van der Waals surface area (Å²) in [6.07, 6.45) is 5.94. The first-order chi connectivity index (χ1) is 16.6. The van der Waals surface area contributed by atoms with Gasteiger partial charge in [-0.15, -0.1) is 0 Å². The van der Waals surface area contributed by atoms with Crippen molar-refractivity contribution in [2.45, 2.75) is 52.2 Å². The summed E-state index contributed by atoms with van der Waals surface area (Å²) in [4.78, 5) is 12.7. The maximum Gasteiger partial charge on any atom is 0.262 e. The topological polar surface area (TPSA) is 89.8 Å². The van der Waals surface area contributed by atoms with E-state index in [1.165, 1.54) is 6.42 Å². The third kappa shape index (κ3) is 5.63. The fraction of sp³-hybridized carbons (Fsp3) is 0.407. The molecule has 7 nitrogen and oxygen atoms in total. The Balaban J connectivity index is 1.46. The summed E-state index contributed by atoms with van der Waals surface area (Å²) in [6, 6.07) is 13.2. The molecule has 7 heteroatoms. The Labute approximate surface area is 200 Å². The van der Waals surface area contributed by atoms with E-state index in [9.17, 15) is 10.1 Å². The van der Waals surface area contributed by atoms with Gasteiger partial charge < -0.3 is 24.3 Å². The average molecular weight is 463 g/mol. The van der Waals surface area contributed by atoms with Crippen molar-refractivity contribution in [3.8, 4) is 29.1 Å². The molecule has 2 aliphatic rings. The van der Waals surface area contributed by atoms with Crippen LogP contribution in [0.1, 0.15) is 50.7 Å². The minimum absolute atomic E-state index is 0.0780. The molecule has 0 unspecified atom stereocenters. The first-order valence-corrected chi connectivity index (χ1v) is 11.8. The van der Waals surface area contributed by atoms with Crippen LogP contribution in [0.25, 0.3) is 6.08 Å². The first kappa shape index (κ1) is 23.5. The number of hydrogen-bond acceptors (Lipinski definition) is 6. The van der Waals surface area contributed by atoms with Crippen molar-refractivity contribution in [3.63, 3.8) is 0 Å². The maximum absolute atomic E-state index is 12.7. The van der Waals surface area contributed by atoms with Crippen LogP contribution >= 0.6 is 0 Å². The van der Waals surface area contributed by atoms with Crippen molar-refractivity contribution in [1.82, 2.24) is 5.32 Å². The van der Waals surface area contributed by atoms with Gasteiger partial charge in [-0.05, 0) is 67.2 Å². The van der Waals surface area contributed by atoms with Gasteiger partial charge in [-0.2, -0.15) is 5.26 Å². The molecule has 178 valence electrons. The van der Waals surface area contributed by atoms with Gasteiger partial charge in [0.15, 0.2) is 23.0 Å². The van der Waals surface area contributed by atoms with Crippen LogP contribution in [0.3, 0.4) is 0 Å². The Morgan fingerprint density at radius 1 is 1.12 bits per heavy atom. The van der Waals surface area contributed by atoms with Crippen LogP contribution in [0.2, 0.25) is 0 Å². The lowest BCUT2D eigenvalue weighted by atomic mass is 9.86. The number of nitrogens with zero attached hydrogens (tertiary/aromatic N) is 1. The van der Waals surface area contributed by atoms with Gasteiger partial charge in [0.1, 0.15) is 18.2 Å². The van der Waals surface area contributed by atoms with E-state index < -0.39 is 0 Å². The second-order valence-corrected chi connectivity index (χ2v) is 8.63. The van der Waals surface area contributed by atoms with Crippen LogP contribution in [0, 0.1) is 17.2 Å². The van der Waals surface area contributed by atoms with Crippen molar-refractivity contribution in [1.29, 1.82) is 5.26 Å². The maximum atomic E-state index is 12.7. The van der Waals surface area contributed by atoms with Crippen LogP contribution in [0.5, 0.6) is 23.0 Å². The van der Waals surface area contributed by atoms with Gasteiger partial charge in [0, 0.05) is 6.04 Å². The molecule has 0 spiro atoms. The molecule has 2 aromatic carbocycles. The van der Waals surface area contributed by atoms with Crippen LogP contribution in [-0.4, -0.2) is 25.3 Å². The lowest BCUT2D eigenvalue weighted by Crippen LogP contribution is -2.41. The number of nitrogens with one attached hydrogen (secondary N) is 1. The van der Waals surface area contributed by atoms with Crippen molar-refractivity contribution in [2.24, 2.45) is 5.92 Å². The molecule has 2 aromatic rings. The van der Waals surface area contributed by atoms with Crippen LogP contribution in [-0.2, 0) is 11.4 Å². The summed E-state index contributed by atoms with van der Waals surface area (Å²) in [5, 5.41) is 12.6. The van der Waals surface area contributed by atoms with Gasteiger partial charge in [-0.25, -0.2) is 0 Å². The van der Waals surface area contributed by atoms with E-state index in [1.807, 2.05) is 37.3 Å². The summed E-state index contributed by atoms with van der Waals surface area (Å²) in [5.74, 6) is 2.65. The summed E-state index contributed by atoms with van der Waals surface area (Å²) in [5.41, 5.74) is 1.72. The molecule has 1 saturated carbocycles. The second-order valence-electron chi connectivity index (χ2n) is 8.63. The zero-order chi connectivity index (χ0) is 23.9. The van der Waals surface area contributed by atoms with Crippen molar-refractivity contribution >= 4 is 12.0 Å². The Hall–Kier alpha value is -3.66. The number of fused-ring (bicyclic) bond motifs is 1. The summed E-state index contributed by atoms with van der Waals surface area (Å²) < 4.78 is 22.5. The number of ether oxygens (including phenoxy) is 4. The third-order valence-corrected chi connectivity index (χ3v) is 6.20. The summed E-state index contributed by atoms with van der Waals surface area (Å²) in [6.45, 7) is 5.06. The SMILES string of the molecule is CCOc1cc(/C=C(\C#N)C(=O)N[C@@H]2CCCC[C@@H]2C)ccc1OCc1ccc2c(c1)OCO2. The molecule has 1 aliphatic carbocycles. The Kier molecular flexibility index (Phi) is 7.58. The van der Waals surface area contributed by atoms with E-state index in [2.05, 4.69) is 12.2 Å². The number of rotatable bonds is 8. The van der Waals surface area contributed by atoms with Crippen molar-refractivity contribution < 1.29 is 23.7 Å². The highest BCUT2D eigenvalue weighted by molar-refractivity contribution is 6.01. The molecule has 0 saturated heterocycles. The number of amides is 1. The zero-order valence-electron chi connectivity index (χ0n) is 19.6. The molecule has 4 rings (SSSR count). The number of nitriles is 1. The van der Waals surface area contributed by atoms with E-state index >= 15 is 0 Å². The van der Waals surface area contributed by atoms with Gasteiger partial charge in [0.25, 0.3) is 5.91 Å². The van der Waals surface area contributed by atoms with Gasteiger partial charge >= 0.3 is 0 Å². The van der Waals surface area contributed by atoms with Crippen LogP contribution < -0.4 is 24.3 Å². The second kappa shape index (κ2) is 11.0. The van der Waals surface area contributed by atoms with E-state index in [-0.39, 0.29) is 24.3 Å². The molecule has 34 heavy (non-hydrogen) atoms. The molecular weight excluding hydrogens is 432 g/mol. The monoisotopic (exact) mass is 462 g/mol. The number of carbonyl (C=O) groups is 1. The molecule has 2 atom stereocenters. The molecule has 0 aromatic heterocycles. The minimum Gasteiger partial charge on any atom is -0.490 e. The standard InChI is InChI=1S/C27H30N2O5/c1-3-31-25-13-19(12-21(15-28)27(30)29-22-7-5-4-6-18(22)2)8-10-23(25)32-16-20-9-11-24-26(14-20)34-17-33-24/h8-14,18,22H,3-7,16-17H2,1-2H3,(H,29,30)/b21-12+/t18-,22+/m0/s1. The van der Waals surface area contributed by atoms with E-state index in [0.29, 0.717) is 41.9 Å². The normalized spacial score (nSPS) is 19.3. The first-order valence-electron chi connectivity index (χ1n) is 11.8. The van der Waals surface area contributed by atoms with E-state index in [1.54, 1.807) is 18.2 Å². The lowest BCUT2D eigenvalue weighted by Gasteiger charge is -2.29. The quantitative estimate of drug-likeness (QED) is 0.439. The van der Waals surface area contributed by atoms with Gasteiger partial charge in [0.05, 0.1) is 6.61 Å². The Morgan fingerprint density at radius 3 is 2.74 bits per heavy atom. The highest BCUT2D eigenvalue weighted by Crippen LogP contribution is 2.34. The molecule has 1 aliphatic heterocycles. The minimum atomic E-state index is -0.331. The highest BCUT2D eigenvalue weighted by Gasteiger charge is 2.24. The average Bonchev–Trinajstić information content (AvgIpc) is 3.31. The Morgan fingerprint density at radius 2 is 1.94 bits per heavy atom. The van der Waals surface area contributed by atoms with E-state index in [0.717, 1.165) is 30.6 Å². The molecular formula is C27H30N2O5. The summed E-state index contributed by atoms with van der Waals surface area (Å²) in [7, 11) is 0. The third-order valence-electron chi connectivity index (χ3n) is 6.20. The molecule has 1 amide bonds. The van der Waals surface area contributed by atoms with Gasteiger partial charge in [-0.1, -0.05) is 31.9 Å². The lowest BCUT2D eigenvalue weighted by molar-refractivity contribution is -0.118. The number of hydrogen-bond donors (Lipinski definition) is 1. The van der Waals surface area contributed by atoms with Crippen molar-refractivity contribution in [2.75, 3.05) is 13.4 Å². The highest BCUT2D eigenvalue weighted by atomic mass is 16.7. The predicted molar refractivity (Wildman–Crippen MR) is 128 cm³/mol. The number of benzene rings is 2. The molecule has 1 heterocycles. The fourth-order valence-electron chi connectivity index (χ4n) is 4.29. The molecule has 1 N–H and O–H groups in total. The predicted octanol–water partition coefficient (Wildman–Crippen LogP) is 4.99. The van der Waals surface area contributed by atoms with Crippen LogP contribution in [0.4, 0.5) is 0 Å². The Bertz CT molecular complexity index is 1100. The molecule has 0 radical (unpaired) electrons. The van der Waals surface area contributed by atoms with E-state index in [4.69, 9.17) is 18.9 Å². The smallest absolute Gasteiger partial charge is 0.262 e. The molecule has 1 fully saturated rings. The van der Waals surface area contributed by atoms with Gasteiger partial charge in [0.2, 0.25) is 6.79 Å². The van der Waals surface area contributed by atoms with Gasteiger partial charge in [-0.3, -0.25) is 4.79 Å². The van der Waals surface area contributed by atoms with Crippen molar-refractivity contribution in [3.05, 3.63) is 53.1 Å². The zero-order valence-corrected chi connectivity index (χ0v) is 19.6. The fourth-order valence-corrected chi connectivity index (χ4v) is 4.29. The molecule has 0 bridgehead atoms. The van der Waals surface area contributed by atoms with Crippen LogP contribution in [0.15, 0.2) is 42.0 Å². The largest absolute Gasteiger partial charge is 0.490 e.